The molecule has 1 aromatic heterocycles. The molecule has 1 N–H and O–H groups in total. The minimum Gasteiger partial charge on any atom is -0.496 e. The lowest BCUT2D eigenvalue weighted by Crippen LogP contribution is -2.22. The zero-order chi connectivity index (χ0) is 20.3. The summed E-state index contributed by atoms with van der Waals surface area (Å²) in [5.41, 5.74) is 2.40. The number of thiophene rings is 1. The molecular formula is C20H22ClN3O3S. The molecule has 1 aliphatic rings. The molecule has 0 amide bonds. The number of carbonyl (C=O) groups excluding carboxylic acids is 1. The van der Waals surface area contributed by atoms with Crippen molar-refractivity contribution in [1.82, 2.24) is 4.90 Å². The topological polar surface area (TPSA) is 75.0 Å². The molecule has 1 atom stereocenters. The third-order valence-corrected chi connectivity index (χ3v) is 5.78. The molecule has 1 aliphatic heterocycles. The van der Waals surface area contributed by atoms with E-state index in [9.17, 15) is 4.79 Å². The highest BCUT2D eigenvalue weighted by atomic mass is 35.5. The monoisotopic (exact) mass is 419 g/mol. The Kier molecular flexibility index (Phi) is 6.36. The number of oxime groups is 1. The number of halogens is 1. The summed E-state index contributed by atoms with van der Waals surface area (Å²) in [4.78, 5) is 20.2. The number of hydrogen-bond acceptors (Lipinski definition) is 6. The van der Waals surface area contributed by atoms with Crippen molar-refractivity contribution in [3.05, 3.63) is 50.7 Å². The SMILES string of the molecule is COc1cc(C(=N)N(C)C)ccc1C1=NOC(CCC(=O)c2ccc(Cl)s2)C1. The lowest BCUT2D eigenvalue weighted by Gasteiger charge is -2.16. The van der Waals surface area contributed by atoms with E-state index in [1.807, 2.05) is 32.3 Å². The van der Waals surface area contributed by atoms with Crippen LogP contribution in [0, 0.1) is 5.41 Å². The quantitative estimate of drug-likeness (QED) is 0.408. The Labute approximate surface area is 173 Å². The summed E-state index contributed by atoms with van der Waals surface area (Å²) in [6.07, 6.45) is 1.45. The van der Waals surface area contributed by atoms with Crippen molar-refractivity contribution >= 4 is 40.3 Å². The maximum atomic E-state index is 12.2. The summed E-state index contributed by atoms with van der Waals surface area (Å²) in [6.45, 7) is 0. The molecule has 1 aromatic carbocycles. The van der Waals surface area contributed by atoms with Gasteiger partial charge in [0.15, 0.2) is 5.78 Å². The summed E-state index contributed by atoms with van der Waals surface area (Å²) in [7, 11) is 5.25. The van der Waals surface area contributed by atoms with Gasteiger partial charge in [0.2, 0.25) is 0 Å². The van der Waals surface area contributed by atoms with E-state index in [0.717, 1.165) is 16.8 Å². The second-order valence-corrected chi connectivity index (χ2v) is 8.41. The number of methoxy groups -OCH3 is 1. The molecule has 148 valence electrons. The lowest BCUT2D eigenvalue weighted by molar-refractivity contribution is 0.0720. The van der Waals surface area contributed by atoms with Gasteiger partial charge in [0.25, 0.3) is 0 Å². The van der Waals surface area contributed by atoms with Gasteiger partial charge in [-0.15, -0.1) is 11.3 Å². The molecule has 2 aromatic rings. The number of ketones is 1. The van der Waals surface area contributed by atoms with Gasteiger partial charge in [0.1, 0.15) is 17.7 Å². The fourth-order valence-electron chi connectivity index (χ4n) is 2.96. The zero-order valence-corrected chi connectivity index (χ0v) is 17.6. The summed E-state index contributed by atoms with van der Waals surface area (Å²) < 4.78 is 6.12. The Morgan fingerprint density at radius 1 is 1.39 bits per heavy atom. The molecule has 0 bridgehead atoms. The van der Waals surface area contributed by atoms with E-state index in [1.165, 1.54) is 11.3 Å². The predicted molar refractivity (Wildman–Crippen MR) is 112 cm³/mol. The van der Waals surface area contributed by atoms with Gasteiger partial charge in [-0.1, -0.05) is 22.8 Å². The van der Waals surface area contributed by atoms with Gasteiger partial charge >= 0.3 is 0 Å². The highest BCUT2D eigenvalue weighted by Gasteiger charge is 2.25. The van der Waals surface area contributed by atoms with Gasteiger partial charge in [0.05, 0.1) is 22.0 Å². The first-order valence-electron chi connectivity index (χ1n) is 8.85. The highest BCUT2D eigenvalue weighted by Crippen LogP contribution is 2.29. The number of ether oxygens (including phenoxy) is 1. The minimum absolute atomic E-state index is 0.0677. The Balaban J connectivity index is 1.63. The number of rotatable bonds is 7. The molecule has 0 saturated carbocycles. The molecule has 0 fully saturated rings. The second-order valence-electron chi connectivity index (χ2n) is 6.69. The summed E-state index contributed by atoms with van der Waals surface area (Å²) >= 11 is 7.19. The van der Waals surface area contributed by atoms with Gasteiger partial charge in [-0.3, -0.25) is 10.2 Å². The van der Waals surface area contributed by atoms with E-state index in [1.54, 1.807) is 24.1 Å². The molecule has 6 nitrogen and oxygen atoms in total. The van der Waals surface area contributed by atoms with Crippen LogP contribution in [0.3, 0.4) is 0 Å². The van der Waals surface area contributed by atoms with Crippen molar-refractivity contribution < 1.29 is 14.4 Å². The second kappa shape index (κ2) is 8.75. The van der Waals surface area contributed by atoms with Crippen LogP contribution >= 0.6 is 22.9 Å². The smallest absolute Gasteiger partial charge is 0.172 e. The van der Waals surface area contributed by atoms with Crippen LogP contribution in [0.25, 0.3) is 0 Å². The lowest BCUT2D eigenvalue weighted by atomic mass is 9.99. The third-order valence-electron chi connectivity index (χ3n) is 4.51. The first-order valence-corrected chi connectivity index (χ1v) is 10.0. The molecule has 0 radical (unpaired) electrons. The Bertz CT molecular complexity index is 923. The molecule has 1 unspecified atom stereocenters. The Hall–Kier alpha value is -2.38. The number of nitrogens with one attached hydrogen (secondary N) is 1. The van der Waals surface area contributed by atoms with Gasteiger partial charge < -0.3 is 14.5 Å². The van der Waals surface area contributed by atoms with Crippen molar-refractivity contribution in [2.24, 2.45) is 5.16 Å². The molecule has 8 heteroatoms. The van der Waals surface area contributed by atoms with Crippen LogP contribution in [0.5, 0.6) is 5.75 Å². The molecular weight excluding hydrogens is 398 g/mol. The fraction of sp³-hybridized carbons (Fsp3) is 0.350. The van der Waals surface area contributed by atoms with E-state index < -0.39 is 0 Å². The van der Waals surface area contributed by atoms with Crippen LogP contribution in [-0.4, -0.2) is 49.5 Å². The molecule has 28 heavy (non-hydrogen) atoms. The van der Waals surface area contributed by atoms with Gasteiger partial charge in [0, 0.05) is 38.1 Å². The molecule has 0 spiro atoms. The number of benzene rings is 1. The standard InChI is InChI=1S/C20H22ClN3O3S/c1-24(2)20(22)12-4-6-14(17(10-12)26-3)15-11-13(27-23-15)5-7-16(25)18-8-9-19(21)28-18/h4,6,8-10,13,22H,5,7,11H2,1-3H3. The van der Waals surface area contributed by atoms with E-state index in [4.69, 9.17) is 26.6 Å². The van der Waals surface area contributed by atoms with E-state index in [2.05, 4.69) is 5.16 Å². The number of hydrogen-bond donors (Lipinski definition) is 1. The highest BCUT2D eigenvalue weighted by molar-refractivity contribution is 7.18. The van der Waals surface area contributed by atoms with E-state index in [0.29, 0.717) is 40.1 Å². The molecule has 2 heterocycles. The van der Waals surface area contributed by atoms with Gasteiger partial charge in [-0.25, -0.2) is 0 Å². The van der Waals surface area contributed by atoms with Crippen LogP contribution in [0.4, 0.5) is 0 Å². The number of nitrogens with zero attached hydrogens (tertiary/aromatic N) is 2. The van der Waals surface area contributed by atoms with Crippen molar-refractivity contribution in [3.8, 4) is 5.75 Å². The average molecular weight is 420 g/mol. The number of amidine groups is 1. The van der Waals surface area contributed by atoms with Crippen molar-refractivity contribution in [2.75, 3.05) is 21.2 Å². The van der Waals surface area contributed by atoms with Crippen molar-refractivity contribution in [3.63, 3.8) is 0 Å². The van der Waals surface area contributed by atoms with Crippen LogP contribution in [-0.2, 0) is 4.84 Å². The average Bonchev–Trinajstić information content (AvgIpc) is 3.34. The maximum absolute atomic E-state index is 12.2. The first-order chi connectivity index (χ1) is 13.4. The minimum atomic E-state index is -0.140. The fourth-order valence-corrected chi connectivity index (χ4v) is 3.97. The number of Topliss-reactive ketones (excluding diaryl/α,β-unsaturated/α-hetero) is 1. The molecule has 3 rings (SSSR count). The molecule has 0 saturated heterocycles. The predicted octanol–water partition coefficient (Wildman–Crippen LogP) is 4.45. The third kappa shape index (κ3) is 4.54. The zero-order valence-electron chi connectivity index (χ0n) is 16.0. The number of carbonyl (C=O) groups is 1. The summed E-state index contributed by atoms with van der Waals surface area (Å²) in [5, 5.41) is 12.3. The largest absolute Gasteiger partial charge is 0.496 e. The van der Waals surface area contributed by atoms with Gasteiger partial charge in [-0.2, -0.15) is 0 Å². The summed E-state index contributed by atoms with van der Waals surface area (Å²) in [5.74, 6) is 1.12. The maximum Gasteiger partial charge on any atom is 0.172 e. The molecule has 0 aliphatic carbocycles. The van der Waals surface area contributed by atoms with Crippen molar-refractivity contribution in [1.29, 1.82) is 5.41 Å². The van der Waals surface area contributed by atoms with E-state index in [-0.39, 0.29) is 11.9 Å². The van der Waals surface area contributed by atoms with Crippen LogP contribution in [0.15, 0.2) is 35.5 Å². The van der Waals surface area contributed by atoms with Gasteiger partial charge in [-0.05, 0) is 30.7 Å². The van der Waals surface area contributed by atoms with Crippen LogP contribution < -0.4 is 4.74 Å². The summed E-state index contributed by atoms with van der Waals surface area (Å²) in [6, 6.07) is 9.09. The van der Waals surface area contributed by atoms with Crippen molar-refractivity contribution in [2.45, 2.75) is 25.4 Å². The van der Waals surface area contributed by atoms with Crippen LogP contribution in [0.2, 0.25) is 4.34 Å². The normalized spacial score (nSPS) is 15.7. The first kappa shape index (κ1) is 20.4. The van der Waals surface area contributed by atoms with Crippen LogP contribution in [0.1, 0.15) is 40.1 Å². The van der Waals surface area contributed by atoms with E-state index >= 15 is 0 Å². The Morgan fingerprint density at radius 2 is 2.18 bits per heavy atom. The Morgan fingerprint density at radius 3 is 2.82 bits per heavy atom.